The van der Waals surface area contributed by atoms with Gasteiger partial charge in [-0.05, 0) is 12.8 Å². The summed E-state index contributed by atoms with van der Waals surface area (Å²) in [6, 6.07) is 0. The summed E-state index contributed by atoms with van der Waals surface area (Å²) in [5.41, 5.74) is 0. The molecule has 11 heavy (non-hydrogen) atoms. The lowest BCUT2D eigenvalue weighted by Crippen LogP contribution is -3.00. The van der Waals surface area contributed by atoms with Gasteiger partial charge in [0.05, 0.1) is 21.1 Å². The second kappa shape index (κ2) is 5.81. The van der Waals surface area contributed by atoms with E-state index in [1.165, 1.54) is 0 Å². The standard InChI is InChI=1S/C8H16NO.HI/c1-8(10)6-5-7-9(2,3)4;/h8,10H,7H2,1-4H3;1H/q+1;/p-1. The lowest BCUT2D eigenvalue weighted by molar-refractivity contribution is -0.862. The van der Waals surface area contributed by atoms with Crippen molar-refractivity contribution < 1.29 is 33.6 Å². The van der Waals surface area contributed by atoms with E-state index in [1.807, 2.05) is 0 Å². The van der Waals surface area contributed by atoms with Crippen LogP contribution in [0.5, 0.6) is 0 Å². The normalized spacial score (nSPS) is 12.5. The first kappa shape index (κ1) is 13.8. The van der Waals surface area contributed by atoms with E-state index < -0.39 is 6.10 Å². The maximum absolute atomic E-state index is 8.77. The van der Waals surface area contributed by atoms with E-state index in [9.17, 15) is 0 Å². The molecule has 0 aliphatic rings. The van der Waals surface area contributed by atoms with E-state index in [1.54, 1.807) is 6.92 Å². The van der Waals surface area contributed by atoms with Crippen LogP contribution in [0.25, 0.3) is 0 Å². The molecule has 0 heterocycles. The molecule has 0 amide bonds. The Hall–Kier alpha value is 0.210. The van der Waals surface area contributed by atoms with Crippen LogP contribution in [0.15, 0.2) is 0 Å². The molecule has 0 aliphatic heterocycles. The summed E-state index contributed by atoms with van der Waals surface area (Å²) < 4.78 is 0.819. The first-order chi connectivity index (χ1) is 4.42. The minimum Gasteiger partial charge on any atom is -1.00 e. The molecule has 1 atom stereocenters. The number of hydrogen-bond donors (Lipinski definition) is 1. The van der Waals surface area contributed by atoms with Gasteiger partial charge < -0.3 is 33.6 Å². The highest BCUT2D eigenvalue weighted by Crippen LogP contribution is 1.86. The van der Waals surface area contributed by atoms with Gasteiger partial charge in [-0.3, -0.25) is 0 Å². The van der Waals surface area contributed by atoms with E-state index in [0.29, 0.717) is 0 Å². The summed E-state index contributed by atoms with van der Waals surface area (Å²) in [4.78, 5) is 0. The van der Waals surface area contributed by atoms with Crippen molar-refractivity contribution in [1.29, 1.82) is 0 Å². The monoisotopic (exact) mass is 269 g/mol. The van der Waals surface area contributed by atoms with Gasteiger partial charge in [0.1, 0.15) is 12.6 Å². The quantitative estimate of drug-likeness (QED) is 0.307. The van der Waals surface area contributed by atoms with Crippen molar-refractivity contribution >= 4 is 0 Å². The summed E-state index contributed by atoms with van der Waals surface area (Å²) in [5, 5.41) is 8.77. The Kier molecular flexibility index (Phi) is 7.28. The van der Waals surface area contributed by atoms with Crippen LogP contribution in [-0.4, -0.2) is 43.4 Å². The molecule has 0 bridgehead atoms. The minimum atomic E-state index is -0.494. The molecular formula is C8H16INO. The van der Waals surface area contributed by atoms with Gasteiger partial charge in [0.15, 0.2) is 0 Å². The van der Waals surface area contributed by atoms with Gasteiger partial charge in [-0.25, -0.2) is 0 Å². The van der Waals surface area contributed by atoms with Gasteiger partial charge in [-0.1, -0.05) is 5.92 Å². The van der Waals surface area contributed by atoms with Crippen LogP contribution in [0.4, 0.5) is 0 Å². The van der Waals surface area contributed by atoms with Gasteiger partial charge >= 0.3 is 0 Å². The van der Waals surface area contributed by atoms with Crippen molar-refractivity contribution in [2.75, 3.05) is 27.7 Å². The third-order valence-electron chi connectivity index (χ3n) is 0.864. The summed E-state index contributed by atoms with van der Waals surface area (Å²) >= 11 is 0. The van der Waals surface area contributed by atoms with Gasteiger partial charge in [0.2, 0.25) is 0 Å². The second-order valence-electron chi connectivity index (χ2n) is 3.45. The number of aliphatic hydroxyl groups excluding tert-OH is 1. The average Bonchev–Trinajstić information content (AvgIpc) is 1.59. The Morgan fingerprint density at radius 1 is 1.36 bits per heavy atom. The first-order valence-electron chi connectivity index (χ1n) is 3.39. The largest absolute Gasteiger partial charge is 1.00 e. The van der Waals surface area contributed by atoms with Crippen molar-refractivity contribution in [3.63, 3.8) is 0 Å². The van der Waals surface area contributed by atoms with Crippen molar-refractivity contribution in [2.24, 2.45) is 0 Å². The van der Waals surface area contributed by atoms with Crippen molar-refractivity contribution in [3.05, 3.63) is 0 Å². The molecule has 0 aromatic rings. The molecule has 0 saturated heterocycles. The summed E-state index contributed by atoms with van der Waals surface area (Å²) in [5.74, 6) is 5.59. The molecular weight excluding hydrogens is 253 g/mol. The van der Waals surface area contributed by atoms with Crippen LogP contribution in [0, 0.1) is 11.8 Å². The van der Waals surface area contributed by atoms with Crippen LogP contribution < -0.4 is 24.0 Å². The van der Waals surface area contributed by atoms with E-state index >= 15 is 0 Å². The SMILES string of the molecule is CC(O)C#CC[N+](C)(C)C.[I-]. The molecule has 1 unspecified atom stereocenters. The Balaban J connectivity index is 0. The number of rotatable bonds is 1. The second-order valence-corrected chi connectivity index (χ2v) is 3.45. The lowest BCUT2D eigenvalue weighted by atomic mass is 10.4. The van der Waals surface area contributed by atoms with E-state index in [4.69, 9.17) is 5.11 Å². The van der Waals surface area contributed by atoms with Gasteiger partial charge in [0.25, 0.3) is 0 Å². The van der Waals surface area contributed by atoms with Crippen molar-refractivity contribution in [1.82, 2.24) is 0 Å². The molecule has 0 aromatic heterocycles. The van der Waals surface area contributed by atoms with Crippen LogP contribution in [-0.2, 0) is 0 Å². The van der Waals surface area contributed by atoms with E-state index in [-0.39, 0.29) is 24.0 Å². The summed E-state index contributed by atoms with van der Waals surface area (Å²) in [6.07, 6.45) is -0.494. The molecule has 0 rings (SSSR count). The zero-order valence-corrected chi connectivity index (χ0v) is 9.71. The average molecular weight is 269 g/mol. The summed E-state index contributed by atoms with van der Waals surface area (Å²) in [7, 11) is 6.20. The molecule has 0 aliphatic carbocycles. The summed E-state index contributed by atoms with van der Waals surface area (Å²) in [6.45, 7) is 2.45. The highest BCUT2D eigenvalue weighted by molar-refractivity contribution is 5.02. The topological polar surface area (TPSA) is 20.2 Å². The third-order valence-corrected chi connectivity index (χ3v) is 0.864. The van der Waals surface area contributed by atoms with Crippen LogP contribution in [0.3, 0.4) is 0 Å². The Morgan fingerprint density at radius 2 is 1.82 bits per heavy atom. The van der Waals surface area contributed by atoms with Gasteiger partial charge in [0, 0.05) is 0 Å². The number of nitrogens with zero attached hydrogens (tertiary/aromatic N) is 1. The Labute approximate surface area is 86.2 Å². The fraction of sp³-hybridized carbons (Fsp3) is 0.750. The number of hydrogen-bond acceptors (Lipinski definition) is 1. The highest BCUT2D eigenvalue weighted by atomic mass is 127. The van der Waals surface area contributed by atoms with Crippen LogP contribution in [0.1, 0.15) is 6.92 Å². The van der Waals surface area contributed by atoms with Crippen molar-refractivity contribution in [2.45, 2.75) is 13.0 Å². The molecule has 0 radical (unpaired) electrons. The van der Waals surface area contributed by atoms with Crippen LogP contribution in [0.2, 0.25) is 0 Å². The smallest absolute Gasteiger partial charge is 0.140 e. The fourth-order valence-electron chi connectivity index (χ4n) is 0.431. The molecule has 0 aromatic carbocycles. The molecule has 2 nitrogen and oxygen atoms in total. The molecule has 0 saturated carbocycles. The number of quaternary nitrogens is 1. The molecule has 1 N–H and O–H groups in total. The van der Waals surface area contributed by atoms with E-state index in [2.05, 4.69) is 33.0 Å². The molecule has 0 spiro atoms. The molecule has 66 valence electrons. The first-order valence-corrected chi connectivity index (χ1v) is 3.39. The maximum atomic E-state index is 8.77. The molecule has 3 heteroatoms. The van der Waals surface area contributed by atoms with Crippen LogP contribution >= 0.6 is 0 Å². The zero-order chi connectivity index (χ0) is 8.20. The predicted molar refractivity (Wildman–Crippen MR) is 42.4 cm³/mol. The van der Waals surface area contributed by atoms with Gasteiger partial charge in [-0.2, -0.15) is 0 Å². The molecule has 0 fully saturated rings. The predicted octanol–water partition coefficient (Wildman–Crippen LogP) is -2.92. The lowest BCUT2D eigenvalue weighted by Gasteiger charge is -2.20. The zero-order valence-electron chi connectivity index (χ0n) is 7.56. The third kappa shape index (κ3) is 13.2. The fourth-order valence-corrected chi connectivity index (χ4v) is 0.431. The maximum Gasteiger partial charge on any atom is 0.140 e. The number of halogens is 1. The Bertz CT molecular complexity index is 150. The Morgan fingerprint density at radius 3 is 2.09 bits per heavy atom. The van der Waals surface area contributed by atoms with Crippen molar-refractivity contribution in [3.8, 4) is 11.8 Å². The minimum absolute atomic E-state index is 0. The highest BCUT2D eigenvalue weighted by Gasteiger charge is 2.01. The number of aliphatic hydroxyl groups is 1. The van der Waals surface area contributed by atoms with Gasteiger partial charge in [-0.15, -0.1) is 0 Å². The van der Waals surface area contributed by atoms with E-state index in [0.717, 1.165) is 11.0 Å².